The van der Waals surface area contributed by atoms with E-state index in [0.717, 1.165) is 4.90 Å². The van der Waals surface area contributed by atoms with Gasteiger partial charge >= 0.3 is 0 Å². The molecule has 8 heteroatoms. The van der Waals surface area contributed by atoms with E-state index in [1.54, 1.807) is 12.1 Å². The molecule has 0 spiro atoms. The second-order valence-electron chi connectivity index (χ2n) is 4.00. The van der Waals surface area contributed by atoms with Crippen LogP contribution in [0.5, 0.6) is 0 Å². The van der Waals surface area contributed by atoms with Gasteiger partial charge in [0.1, 0.15) is 0 Å². The van der Waals surface area contributed by atoms with Crippen molar-refractivity contribution in [3.8, 4) is 0 Å². The standard InChI is InChI=1S/C10H10ClNO4S2/c11-9-5-18(15,16)6-10(9)17-8-3-1-7(2-4-8)12(13)14/h1-4,9-10H,5-6H2/t9-,10+/m0/s1. The van der Waals surface area contributed by atoms with Gasteiger partial charge in [-0.25, -0.2) is 8.42 Å². The van der Waals surface area contributed by atoms with Crippen LogP contribution in [0.15, 0.2) is 29.2 Å². The molecule has 0 radical (unpaired) electrons. The topological polar surface area (TPSA) is 77.3 Å². The van der Waals surface area contributed by atoms with Crippen LogP contribution in [-0.4, -0.2) is 35.5 Å². The largest absolute Gasteiger partial charge is 0.269 e. The Balaban J connectivity index is 2.08. The number of halogens is 1. The Kier molecular flexibility index (Phi) is 3.84. The van der Waals surface area contributed by atoms with E-state index in [9.17, 15) is 18.5 Å². The third-order valence-corrected chi connectivity index (χ3v) is 6.65. The van der Waals surface area contributed by atoms with E-state index >= 15 is 0 Å². The van der Waals surface area contributed by atoms with Gasteiger partial charge in [-0.3, -0.25) is 10.1 Å². The monoisotopic (exact) mass is 307 g/mol. The highest BCUT2D eigenvalue weighted by Crippen LogP contribution is 2.34. The molecule has 2 atom stereocenters. The Morgan fingerprint density at radius 1 is 1.28 bits per heavy atom. The van der Waals surface area contributed by atoms with Gasteiger partial charge in [0.2, 0.25) is 0 Å². The van der Waals surface area contributed by atoms with E-state index in [2.05, 4.69) is 0 Å². The normalized spacial score (nSPS) is 26.1. The number of non-ortho nitro benzene ring substituents is 1. The summed E-state index contributed by atoms with van der Waals surface area (Å²) in [7, 11) is -3.05. The number of hydrogen-bond acceptors (Lipinski definition) is 5. The van der Waals surface area contributed by atoms with Gasteiger partial charge in [0.15, 0.2) is 9.84 Å². The molecule has 0 unspecified atom stereocenters. The Bertz CT molecular complexity index is 558. The number of sulfone groups is 1. The summed E-state index contributed by atoms with van der Waals surface area (Å²) in [6.45, 7) is 0. The highest BCUT2D eigenvalue weighted by Gasteiger charge is 2.36. The molecule has 0 saturated carbocycles. The van der Waals surface area contributed by atoms with Crippen molar-refractivity contribution in [2.24, 2.45) is 0 Å². The second kappa shape index (κ2) is 5.07. The van der Waals surface area contributed by atoms with E-state index in [0.29, 0.717) is 0 Å². The zero-order valence-corrected chi connectivity index (χ0v) is 11.5. The van der Waals surface area contributed by atoms with E-state index in [1.807, 2.05) is 0 Å². The molecule has 18 heavy (non-hydrogen) atoms. The molecule has 1 aliphatic rings. The molecular formula is C10H10ClNO4S2. The Morgan fingerprint density at radius 2 is 1.89 bits per heavy atom. The molecule has 1 aromatic rings. The minimum Gasteiger partial charge on any atom is -0.258 e. The number of nitro groups is 1. The number of nitro benzene ring substituents is 1. The molecule has 98 valence electrons. The molecule has 1 fully saturated rings. The number of hydrogen-bond donors (Lipinski definition) is 0. The van der Waals surface area contributed by atoms with Crippen LogP contribution in [0.2, 0.25) is 0 Å². The summed E-state index contributed by atoms with van der Waals surface area (Å²) in [6.07, 6.45) is 0. The molecule has 0 N–H and O–H groups in total. The van der Waals surface area contributed by atoms with Crippen LogP contribution in [0.3, 0.4) is 0 Å². The van der Waals surface area contributed by atoms with Crippen molar-refractivity contribution in [2.75, 3.05) is 11.5 Å². The molecule has 0 aliphatic carbocycles. The fourth-order valence-electron chi connectivity index (χ4n) is 1.70. The van der Waals surface area contributed by atoms with Crippen LogP contribution < -0.4 is 0 Å². The maximum absolute atomic E-state index is 11.4. The van der Waals surface area contributed by atoms with Crippen molar-refractivity contribution >= 4 is 38.9 Å². The number of benzene rings is 1. The van der Waals surface area contributed by atoms with E-state index in [4.69, 9.17) is 11.6 Å². The molecule has 5 nitrogen and oxygen atoms in total. The molecule has 0 amide bonds. The van der Waals surface area contributed by atoms with E-state index in [1.165, 1.54) is 23.9 Å². The molecule has 1 aliphatic heterocycles. The first kappa shape index (κ1) is 13.6. The van der Waals surface area contributed by atoms with E-state index < -0.39 is 20.1 Å². The fourth-order valence-corrected chi connectivity index (χ4v) is 6.12. The minimum atomic E-state index is -3.05. The van der Waals surface area contributed by atoms with Gasteiger partial charge in [0.25, 0.3) is 5.69 Å². The van der Waals surface area contributed by atoms with Gasteiger partial charge in [-0.15, -0.1) is 23.4 Å². The summed E-state index contributed by atoms with van der Waals surface area (Å²) in [5.74, 6) is 0.0576. The maximum atomic E-state index is 11.4. The predicted octanol–water partition coefficient (Wildman–Crippen LogP) is 2.09. The molecule has 0 aromatic heterocycles. The third-order valence-electron chi connectivity index (χ3n) is 2.57. The number of alkyl halides is 1. The van der Waals surface area contributed by atoms with E-state index in [-0.39, 0.29) is 22.4 Å². The number of thioether (sulfide) groups is 1. The Labute approximate surface area is 114 Å². The van der Waals surface area contributed by atoms with Gasteiger partial charge in [-0.05, 0) is 12.1 Å². The van der Waals surface area contributed by atoms with Crippen molar-refractivity contribution in [2.45, 2.75) is 15.5 Å². The first-order valence-corrected chi connectivity index (χ1v) is 8.27. The molecule has 2 rings (SSSR count). The Morgan fingerprint density at radius 3 is 2.33 bits per heavy atom. The zero-order valence-electron chi connectivity index (χ0n) is 9.15. The van der Waals surface area contributed by atoms with Gasteiger partial charge in [0.05, 0.1) is 21.8 Å². The van der Waals surface area contributed by atoms with Gasteiger partial charge in [-0.1, -0.05) is 0 Å². The smallest absolute Gasteiger partial charge is 0.258 e. The summed E-state index contributed by atoms with van der Waals surface area (Å²) in [6, 6.07) is 6.01. The van der Waals surface area contributed by atoms with Gasteiger partial charge < -0.3 is 0 Å². The first-order valence-electron chi connectivity index (χ1n) is 5.13. The van der Waals surface area contributed by atoms with Gasteiger partial charge in [0, 0.05) is 22.3 Å². The highest BCUT2D eigenvalue weighted by atomic mass is 35.5. The van der Waals surface area contributed by atoms with Gasteiger partial charge in [-0.2, -0.15) is 0 Å². The molecule has 0 bridgehead atoms. The van der Waals surface area contributed by atoms with Crippen molar-refractivity contribution in [3.05, 3.63) is 34.4 Å². The number of rotatable bonds is 3. The average Bonchev–Trinajstić information content (AvgIpc) is 2.52. The lowest BCUT2D eigenvalue weighted by Crippen LogP contribution is -2.13. The quantitative estimate of drug-likeness (QED) is 0.485. The van der Waals surface area contributed by atoms with Crippen LogP contribution in [0.4, 0.5) is 5.69 Å². The summed E-state index contributed by atoms with van der Waals surface area (Å²) in [4.78, 5) is 10.8. The second-order valence-corrected chi connectivity index (χ2v) is 8.03. The maximum Gasteiger partial charge on any atom is 0.269 e. The lowest BCUT2D eigenvalue weighted by molar-refractivity contribution is -0.384. The van der Waals surface area contributed by atoms with Crippen molar-refractivity contribution in [1.82, 2.24) is 0 Å². The molecular weight excluding hydrogens is 298 g/mol. The minimum absolute atomic E-state index is 0.000790. The van der Waals surface area contributed by atoms with Crippen LogP contribution >= 0.6 is 23.4 Å². The lowest BCUT2D eigenvalue weighted by Gasteiger charge is -2.10. The Hall–Kier alpha value is -0.790. The van der Waals surface area contributed by atoms with Crippen LogP contribution in [0.1, 0.15) is 0 Å². The molecule has 1 aromatic carbocycles. The first-order chi connectivity index (χ1) is 8.37. The predicted molar refractivity (Wildman–Crippen MR) is 71.0 cm³/mol. The van der Waals surface area contributed by atoms with Crippen LogP contribution in [0.25, 0.3) is 0 Å². The summed E-state index contributed by atoms with van der Waals surface area (Å²) in [5, 5.41) is 9.89. The fraction of sp³-hybridized carbons (Fsp3) is 0.400. The zero-order chi connectivity index (χ0) is 13.3. The molecule has 1 heterocycles. The third kappa shape index (κ3) is 3.15. The van der Waals surface area contributed by atoms with Crippen LogP contribution in [0, 0.1) is 10.1 Å². The lowest BCUT2D eigenvalue weighted by atomic mass is 10.3. The van der Waals surface area contributed by atoms with Crippen molar-refractivity contribution in [3.63, 3.8) is 0 Å². The van der Waals surface area contributed by atoms with Crippen molar-refractivity contribution < 1.29 is 13.3 Å². The summed E-state index contributed by atoms with van der Waals surface area (Å²) >= 11 is 7.33. The van der Waals surface area contributed by atoms with Crippen molar-refractivity contribution in [1.29, 1.82) is 0 Å². The summed E-state index contributed by atoms with van der Waals surface area (Å²) < 4.78 is 22.8. The molecule has 1 saturated heterocycles. The SMILES string of the molecule is O=[N+]([O-])c1ccc(S[C@@H]2CS(=O)(=O)C[C@@H]2Cl)cc1. The van der Waals surface area contributed by atoms with Crippen LogP contribution in [-0.2, 0) is 9.84 Å². The number of nitrogens with zero attached hydrogens (tertiary/aromatic N) is 1. The summed E-state index contributed by atoms with van der Waals surface area (Å²) in [5.41, 5.74) is 0.0146. The average molecular weight is 308 g/mol. The highest BCUT2D eigenvalue weighted by molar-refractivity contribution is 8.02.